The van der Waals surface area contributed by atoms with Crippen LogP contribution in [0.5, 0.6) is 0 Å². The fraction of sp³-hybridized carbons (Fsp3) is 0.0769. The van der Waals surface area contributed by atoms with E-state index in [1.807, 2.05) is 0 Å². The van der Waals surface area contributed by atoms with Gasteiger partial charge in [0.1, 0.15) is 0 Å². The lowest BCUT2D eigenvalue weighted by molar-refractivity contribution is 0.225. The molecule has 0 bridgehead atoms. The Hall–Kier alpha value is -1.08. The summed E-state index contributed by atoms with van der Waals surface area (Å²) in [6, 6.07) is 21.5. The first-order valence-electron chi connectivity index (χ1n) is 6.51. The molecule has 2 aromatic rings. The van der Waals surface area contributed by atoms with Gasteiger partial charge in [-0.2, -0.15) is 4.31 Å². The van der Waals surface area contributed by atoms with E-state index in [0.29, 0.717) is 5.54 Å². The van der Waals surface area contributed by atoms with Crippen molar-refractivity contribution in [1.29, 1.82) is 0 Å². The van der Waals surface area contributed by atoms with Gasteiger partial charge in [0, 0.05) is 10.2 Å². The lowest BCUT2D eigenvalue weighted by Crippen LogP contribution is -1.99. The summed E-state index contributed by atoms with van der Waals surface area (Å²) < 4.78 is 22.2. The van der Waals surface area contributed by atoms with Crippen LogP contribution < -0.4 is 0 Å². The summed E-state index contributed by atoms with van der Waals surface area (Å²) in [6.45, 7) is 0. The van der Waals surface area contributed by atoms with Gasteiger partial charge in [-0.3, -0.25) is 0 Å². The highest BCUT2D eigenvalue weighted by Crippen LogP contribution is 2.53. The van der Waals surface area contributed by atoms with E-state index in [1.54, 1.807) is 0 Å². The van der Waals surface area contributed by atoms with Gasteiger partial charge in [-0.15, -0.1) is 0 Å². The first-order chi connectivity index (χ1) is 10.6. The molecule has 0 atom stereocenters. The Morgan fingerprint density at radius 1 is 0.739 bits per heavy atom. The summed E-state index contributed by atoms with van der Waals surface area (Å²) in [5.74, 6) is 0. The van der Waals surface area contributed by atoms with Gasteiger partial charge in [-0.1, -0.05) is 60.7 Å². The maximum Gasteiger partial charge on any atom is 0.478 e. The van der Waals surface area contributed by atoms with Crippen LogP contribution >= 0.6 is 15.6 Å². The molecule has 0 aliphatic heterocycles. The Morgan fingerprint density at radius 2 is 1.04 bits per heavy atom. The monoisotopic (exact) mass is 376 g/mol. The summed E-state index contributed by atoms with van der Waals surface area (Å²) in [6.07, 6.45) is 0. The molecule has 0 fully saturated rings. The molecular formula is C13H18O7P2Si. The standard InChI is InChI=1S/C13H14Si.H4O7P2/c14-13(11-7-3-1-4-8-11)12-9-5-2-6-10-12;1-8(2,3)7-9(4,5)6/h1-10,13H,14H3;(H2,1,2,3)(H2,4,5,6). The van der Waals surface area contributed by atoms with Crippen LogP contribution in [-0.4, -0.2) is 29.8 Å². The second-order valence-electron chi connectivity index (χ2n) is 4.61. The molecule has 0 unspecified atom stereocenters. The molecule has 2 aromatic carbocycles. The summed E-state index contributed by atoms with van der Waals surface area (Å²) in [5, 5.41) is 0. The van der Waals surface area contributed by atoms with Gasteiger partial charge in [0.2, 0.25) is 0 Å². The third-order valence-electron chi connectivity index (χ3n) is 2.81. The van der Waals surface area contributed by atoms with Crippen LogP contribution in [0, 0.1) is 0 Å². The minimum absolute atomic E-state index is 0.623. The molecule has 4 N–H and O–H groups in total. The normalized spacial score (nSPS) is 11.9. The largest absolute Gasteiger partial charge is 0.478 e. The molecule has 0 spiro atoms. The molecule has 0 amide bonds. The predicted molar refractivity (Wildman–Crippen MR) is 89.8 cm³/mol. The highest BCUT2D eigenvalue weighted by molar-refractivity contribution is 7.60. The molecule has 0 aliphatic rings. The zero-order valence-corrected chi connectivity index (χ0v) is 16.0. The predicted octanol–water partition coefficient (Wildman–Crippen LogP) is 1.33. The van der Waals surface area contributed by atoms with Gasteiger partial charge < -0.3 is 19.6 Å². The fourth-order valence-corrected chi connectivity index (χ4v) is 3.69. The lowest BCUT2D eigenvalue weighted by atomic mass is 10.0. The van der Waals surface area contributed by atoms with Crippen molar-refractivity contribution in [2.24, 2.45) is 0 Å². The maximum atomic E-state index is 9.63. The highest BCUT2D eigenvalue weighted by Gasteiger charge is 2.27. The summed E-state index contributed by atoms with van der Waals surface area (Å²) in [7, 11) is -8.94. The van der Waals surface area contributed by atoms with E-state index >= 15 is 0 Å². The van der Waals surface area contributed by atoms with Gasteiger partial charge in [0.05, 0.1) is 0 Å². The molecule has 7 nitrogen and oxygen atoms in total. The van der Waals surface area contributed by atoms with Crippen molar-refractivity contribution in [2.45, 2.75) is 5.54 Å². The minimum Gasteiger partial charge on any atom is -0.302 e. The number of hydrogen-bond acceptors (Lipinski definition) is 3. The summed E-state index contributed by atoms with van der Waals surface area (Å²) in [5.41, 5.74) is 3.49. The van der Waals surface area contributed by atoms with Crippen LogP contribution in [-0.2, 0) is 13.4 Å². The molecule has 2 rings (SSSR count). The Balaban J connectivity index is 0.000000257. The zero-order chi connectivity index (χ0) is 17.5. The third-order valence-corrected chi connectivity index (χ3v) is 5.85. The molecule has 0 aromatic heterocycles. The van der Waals surface area contributed by atoms with Crippen molar-refractivity contribution < 1.29 is 33.0 Å². The van der Waals surface area contributed by atoms with Crippen LogP contribution in [0.4, 0.5) is 0 Å². The van der Waals surface area contributed by atoms with Crippen molar-refractivity contribution in [3.8, 4) is 0 Å². The molecule has 0 saturated heterocycles. The molecule has 0 heterocycles. The van der Waals surface area contributed by atoms with Crippen molar-refractivity contribution in [3.63, 3.8) is 0 Å². The maximum absolute atomic E-state index is 9.63. The SMILES string of the molecule is O=P(O)(O)OP(=O)(O)O.[SiH3]C(c1ccccc1)c1ccccc1. The first-order valence-corrected chi connectivity index (χ1v) is 10.7. The van der Waals surface area contributed by atoms with Crippen molar-refractivity contribution in [2.75, 3.05) is 0 Å². The summed E-state index contributed by atoms with van der Waals surface area (Å²) in [4.78, 5) is 31.0. The van der Waals surface area contributed by atoms with Crippen LogP contribution in [0.3, 0.4) is 0 Å². The minimum atomic E-state index is -5.05. The van der Waals surface area contributed by atoms with Gasteiger partial charge in [0.25, 0.3) is 0 Å². The van der Waals surface area contributed by atoms with E-state index in [2.05, 4.69) is 65.0 Å². The molecule has 0 saturated carbocycles. The Morgan fingerprint density at radius 3 is 1.26 bits per heavy atom. The van der Waals surface area contributed by atoms with E-state index in [9.17, 15) is 9.13 Å². The van der Waals surface area contributed by atoms with Crippen LogP contribution in [0.25, 0.3) is 0 Å². The number of phosphoric acid groups is 2. The average Bonchev–Trinajstić information content (AvgIpc) is 2.45. The quantitative estimate of drug-likeness (QED) is 0.469. The Bertz CT molecular complexity index is 624. The molecular weight excluding hydrogens is 358 g/mol. The van der Waals surface area contributed by atoms with E-state index in [0.717, 1.165) is 10.2 Å². The second kappa shape index (κ2) is 8.68. The molecule has 10 heteroatoms. The van der Waals surface area contributed by atoms with E-state index in [-0.39, 0.29) is 0 Å². The summed E-state index contributed by atoms with van der Waals surface area (Å²) >= 11 is 0. The van der Waals surface area contributed by atoms with Gasteiger partial charge in [0.15, 0.2) is 0 Å². The van der Waals surface area contributed by atoms with Gasteiger partial charge >= 0.3 is 15.6 Å². The van der Waals surface area contributed by atoms with Crippen molar-refractivity contribution in [1.82, 2.24) is 0 Å². The van der Waals surface area contributed by atoms with Crippen LogP contribution in [0.2, 0.25) is 0 Å². The topological polar surface area (TPSA) is 124 Å². The molecule has 0 radical (unpaired) electrons. The Labute approximate surface area is 136 Å². The zero-order valence-electron chi connectivity index (χ0n) is 12.3. The first kappa shape index (κ1) is 20.0. The van der Waals surface area contributed by atoms with E-state index < -0.39 is 15.6 Å². The van der Waals surface area contributed by atoms with E-state index in [4.69, 9.17) is 19.6 Å². The molecule has 23 heavy (non-hydrogen) atoms. The molecule has 0 aliphatic carbocycles. The van der Waals surface area contributed by atoms with Crippen molar-refractivity contribution >= 4 is 25.9 Å². The smallest absolute Gasteiger partial charge is 0.302 e. The third kappa shape index (κ3) is 8.95. The van der Waals surface area contributed by atoms with E-state index in [1.165, 1.54) is 11.1 Å². The Kier molecular flexibility index (Phi) is 7.53. The number of rotatable bonds is 4. The highest BCUT2D eigenvalue weighted by atomic mass is 31.3. The second-order valence-corrected chi connectivity index (χ2v) is 8.38. The fourth-order valence-electron chi connectivity index (χ4n) is 1.81. The molecule has 126 valence electrons. The van der Waals surface area contributed by atoms with Gasteiger partial charge in [-0.05, 0) is 16.7 Å². The average molecular weight is 376 g/mol. The van der Waals surface area contributed by atoms with Crippen molar-refractivity contribution in [3.05, 3.63) is 71.8 Å². The number of benzene rings is 2. The lowest BCUT2D eigenvalue weighted by Gasteiger charge is -2.11. The van der Waals surface area contributed by atoms with Crippen LogP contribution in [0.15, 0.2) is 60.7 Å². The number of hydrogen-bond donors (Lipinski definition) is 4. The van der Waals surface area contributed by atoms with Gasteiger partial charge in [-0.25, -0.2) is 9.13 Å². The van der Waals surface area contributed by atoms with Crippen LogP contribution in [0.1, 0.15) is 16.7 Å².